The molecular formula is C11H13FN4S. The van der Waals surface area contributed by atoms with Crippen LogP contribution >= 0.6 is 11.3 Å². The Morgan fingerprint density at radius 3 is 2.65 bits per heavy atom. The zero-order valence-electron chi connectivity index (χ0n) is 9.91. The van der Waals surface area contributed by atoms with E-state index in [1.54, 1.807) is 6.92 Å². The average Bonchev–Trinajstić information content (AvgIpc) is 2.71. The Morgan fingerprint density at radius 1 is 1.29 bits per heavy atom. The van der Waals surface area contributed by atoms with Crippen LogP contribution in [0, 0.1) is 19.7 Å². The number of halogens is 1. The zero-order chi connectivity index (χ0) is 12.4. The predicted molar refractivity (Wildman–Crippen MR) is 66.7 cm³/mol. The summed E-state index contributed by atoms with van der Waals surface area (Å²) in [6.45, 7) is 6.04. The monoisotopic (exact) mass is 252 g/mol. The number of aryl methyl sites for hydroxylation is 2. The second-order valence-electron chi connectivity index (χ2n) is 3.62. The first kappa shape index (κ1) is 11.9. The normalized spacial score (nSPS) is 10.6. The maximum atomic E-state index is 13.7. The number of hydrogen-bond donors (Lipinski definition) is 1. The van der Waals surface area contributed by atoms with Crippen molar-refractivity contribution >= 4 is 17.2 Å². The van der Waals surface area contributed by atoms with E-state index in [9.17, 15) is 4.39 Å². The first-order valence-corrected chi connectivity index (χ1v) is 6.20. The molecule has 4 nitrogen and oxygen atoms in total. The highest BCUT2D eigenvalue weighted by atomic mass is 32.1. The molecule has 2 heterocycles. The van der Waals surface area contributed by atoms with E-state index in [-0.39, 0.29) is 5.82 Å². The minimum Gasteiger partial charge on any atom is -0.368 e. The summed E-state index contributed by atoms with van der Waals surface area (Å²) >= 11 is 1.46. The molecule has 0 amide bonds. The Hall–Kier alpha value is -1.56. The highest BCUT2D eigenvalue weighted by Gasteiger charge is 2.13. The van der Waals surface area contributed by atoms with E-state index in [2.05, 4.69) is 20.3 Å². The molecule has 2 rings (SSSR count). The Balaban J connectivity index is 2.48. The molecule has 0 aliphatic rings. The lowest BCUT2D eigenvalue weighted by Crippen LogP contribution is -2.06. The molecule has 0 aliphatic heterocycles. The van der Waals surface area contributed by atoms with E-state index in [1.807, 2.05) is 19.2 Å². The Kier molecular flexibility index (Phi) is 3.33. The van der Waals surface area contributed by atoms with Gasteiger partial charge in [0.25, 0.3) is 0 Å². The number of anilines is 1. The van der Waals surface area contributed by atoms with Crippen molar-refractivity contribution in [2.45, 2.75) is 20.8 Å². The van der Waals surface area contributed by atoms with Gasteiger partial charge in [0.05, 0.1) is 5.69 Å². The molecule has 0 saturated heterocycles. The molecule has 0 spiro atoms. The van der Waals surface area contributed by atoms with Gasteiger partial charge in [-0.15, -0.1) is 11.3 Å². The molecule has 0 atom stereocenters. The highest BCUT2D eigenvalue weighted by molar-refractivity contribution is 7.13. The minimum absolute atomic E-state index is 0.239. The van der Waals surface area contributed by atoms with E-state index in [1.165, 1.54) is 11.3 Å². The molecule has 0 radical (unpaired) electrons. The number of hydrogen-bond acceptors (Lipinski definition) is 5. The maximum absolute atomic E-state index is 13.7. The lowest BCUT2D eigenvalue weighted by molar-refractivity contribution is 0.606. The molecule has 90 valence electrons. The third-order valence-electron chi connectivity index (χ3n) is 2.17. The standard InChI is InChI=1S/C11H13FN4S/c1-4-13-9-8(12)7(3)15-10(16-9)11-14-6(2)5-17-11/h5H,4H2,1-3H3,(H,13,15,16). The van der Waals surface area contributed by atoms with Crippen molar-refractivity contribution in [3.63, 3.8) is 0 Å². The molecule has 0 unspecified atom stereocenters. The van der Waals surface area contributed by atoms with Gasteiger partial charge >= 0.3 is 0 Å². The molecule has 0 fully saturated rings. The van der Waals surface area contributed by atoms with Gasteiger partial charge in [-0.1, -0.05) is 0 Å². The van der Waals surface area contributed by atoms with E-state index in [0.717, 1.165) is 5.69 Å². The van der Waals surface area contributed by atoms with E-state index < -0.39 is 5.82 Å². The Labute approximate surface area is 103 Å². The third-order valence-corrected chi connectivity index (χ3v) is 3.13. The van der Waals surface area contributed by atoms with Crippen LogP contribution in [-0.4, -0.2) is 21.5 Å². The van der Waals surface area contributed by atoms with Crippen molar-refractivity contribution < 1.29 is 4.39 Å². The SMILES string of the molecule is CCNc1nc(-c2nc(C)cs2)nc(C)c1F. The fraction of sp³-hybridized carbons (Fsp3) is 0.364. The summed E-state index contributed by atoms with van der Waals surface area (Å²) in [4.78, 5) is 12.6. The minimum atomic E-state index is -0.399. The van der Waals surface area contributed by atoms with Crippen LogP contribution in [0.25, 0.3) is 10.8 Å². The van der Waals surface area contributed by atoms with Crippen LogP contribution in [-0.2, 0) is 0 Å². The summed E-state index contributed by atoms with van der Waals surface area (Å²) in [6, 6.07) is 0. The molecule has 0 saturated carbocycles. The number of nitrogens with zero attached hydrogens (tertiary/aromatic N) is 3. The van der Waals surface area contributed by atoms with Gasteiger partial charge in [-0.25, -0.2) is 19.3 Å². The Morgan fingerprint density at radius 2 is 2.06 bits per heavy atom. The van der Waals surface area contributed by atoms with Crippen molar-refractivity contribution in [3.8, 4) is 10.8 Å². The number of rotatable bonds is 3. The molecule has 6 heteroatoms. The Bertz CT molecular complexity index is 538. The first-order valence-electron chi connectivity index (χ1n) is 5.32. The molecule has 0 aliphatic carbocycles. The van der Waals surface area contributed by atoms with Gasteiger partial charge in [-0.2, -0.15) is 0 Å². The quantitative estimate of drug-likeness (QED) is 0.912. The fourth-order valence-corrected chi connectivity index (χ4v) is 2.12. The van der Waals surface area contributed by atoms with Crippen molar-refractivity contribution in [1.82, 2.24) is 15.0 Å². The molecule has 1 N–H and O–H groups in total. The molecule has 2 aromatic heterocycles. The first-order chi connectivity index (χ1) is 8.11. The summed E-state index contributed by atoms with van der Waals surface area (Å²) in [6.07, 6.45) is 0. The van der Waals surface area contributed by atoms with E-state index in [4.69, 9.17) is 0 Å². The van der Waals surface area contributed by atoms with Gasteiger partial charge in [-0.3, -0.25) is 0 Å². The summed E-state index contributed by atoms with van der Waals surface area (Å²) < 4.78 is 13.7. The molecule has 0 aromatic carbocycles. The topological polar surface area (TPSA) is 50.7 Å². The van der Waals surface area contributed by atoms with Crippen molar-refractivity contribution in [2.75, 3.05) is 11.9 Å². The molecular weight excluding hydrogens is 239 g/mol. The third kappa shape index (κ3) is 2.41. The van der Waals surface area contributed by atoms with Gasteiger partial charge in [0, 0.05) is 17.6 Å². The summed E-state index contributed by atoms with van der Waals surface area (Å²) in [5.41, 5.74) is 1.25. The summed E-state index contributed by atoms with van der Waals surface area (Å²) in [5, 5.41) is 5.52. The van der Waals surface area contributed by atoms with Crippen molar-refractivity contribution in [1.29, 1.82) is 0 Å². The zero-order valence-corrected chi connectivity index (χ0v) is 10.7. The van der Waals surface area contributed by atoms with Crippen molar-refractivity contribution in [2.24, 2.45) is 0 Å². The number of nitrogens with one attached hydrogen (secondary N) is 1. The second-order valence-corrected chi connectivity index (χ2v) is 4.48. The molecule has 2 aromatic rings. The van der Waals surface area contributed by atoms with Crippen LogP contribution in [0.1, 0.15) is 18.3 Å². The number of thiazole rings is 1. The van der Waals surface area contributed by atoms with Crippen LogP contribution in [0.2, 0.25) is 0 Å². The van der Waals surface area contributed by atoms with Crippen LogP contribution in [0.4, 0.5) is 10.2 Å². The lowest BCUT2D eigenvalue weighted by atomic mass is 10.4. The van der Waals surface area contributed by atoms with Gasteiger partial charge in [0.15, 0.2) is 22.5 Å². The van der Waals surface area contributed by atoms with E-state index >= 15 is 0 Å². The maximum Gasteiger partial charge on any atom is 0.191 e. The van der Waals surface area contributed by atoms with Gasteiger partial charge < -0.3 is 5.32 Å². The van der Waals surface area contributed by atoms with Gasteiger partial charge in [-0.05, 0) is 20.8 Å². The van der Waals surface area contributed by atoms with E-state index in [0.29, 0.717) is 23.1 Å². The highest BCUT2D eigenvalue weighted by Crippen LogP contribution is 2.23. The average molecular weight is 252 g/mol. The summed E-state index contributed by atoms with van der Waals surface area (Å²) in [7, 11) is 0. The lowest BCUT2D eigenvalue weighted by Gasteiger charge is -2.07. The fourth-order valence-electron chi connectivity index (χ4n) is 1.40. The summed E-state index contributed by atoms with van der Waals surface area (Å²) in [5.74, 6) is 0.310. The smallest absolute Gasteiger partial charge is 0.191 e. The largest absolute Gasteiger partial charge is 0.368 e. The van der Waals surface area contributed by atoms with Crippen LogP contribution < -0.4 is 5.32 Å². The predicted octanol–water partition coefficient (Wildman–Crippen LogP) is 2.79. The molecule has 17 heavy (non-hydrogen) atoms. The molecule has 0 bridgehead atoms. The van der Waals surface area contributed by atoms with Crippen molar-refractivity contribution in [3.05, 3.63) is 22.6 Å². The van der Waals surface area contributed by atoms with Crippen LogP contribution in [0.3, 0.4) is 0 Å². The van der Waals surface area contributed by atoms with Crippen LogP contribution in [0.5, 0.6) is 0 Å². The van der Waals surface area contributed by atoms with Gasteiger partial charge in [0.1, 0.15) is 0 Å². The van der Waals surface area contributed by atoms with Gasteiger partial charge in [0.2, 0.25) is 0 Å². The second kappa shape index (κ2) is 4.75. The number of aromatic nitrogens is 3. The van der Waals surface area contributed by atoms with Crippen LogP contribution in [0.15, 0.2) is 5.38 Å².